The van der Waals surface area contributed by atoms with Crippen molar-refractivity contribution in [1.29, 1.82) is 0 Å². The molecule has 2 unspecified atom stereocenters. The van der Waals surface area contributed by atoms with Crippen molar-refractivity contribution in [3.63, 3.8) is 0 Å². The van der Waals surface area contributed by atoms with Crippen LogP contribution in [0.15, 0.2) is 30.7 Å². The summed E-state index contributed by atoms with van der Waals surface area (Å²) in [4.78, 5) is 14.2. The highest BCUT2D eigenvalue weighted by Gasteiger charge is 2.44. The number of carboxylic acids is 1. The van der Waals surface area contributed by atoms with Crippen LogP contribution in [0.2, 0.25) is 0 Å². The molecule has 0 saturated heterocycles. The SMILES string of the molecule is O=C(O)C1CC1c1ccc(Cn2cnc(F)c2)c(F)c1. The summed E-state index contributed by atoms with van der Waals surface area (Å²) in [5, 5.41) is 8.87. The molecule has 0 amide bonds. The molecule has 0 aliphatic heterocycles. The van der Waals surface area contributed by atoms with E-state index < -0.39 is 23.7 Å². The lowest BCUT2D eigenvalue weighted by molar-refractivity contribution is -0.138. The number of aliphatic carboxylic acids is 1. The number of nitrogens with zero attached hydrogens (tertiary/aromatic N) is 2. The summed E-state index contributed by atoms with van der Waals surface area (Å²) in [5.74, 6) is -2.35. The van der Waals surface area contributed by atoms with Gasteiger partial charge in [-0.05, 0) is 24.0 Å². The monoisotopic (exact) mass is 278 g/mol. The van der Waals surface area contributed by atoms with Gasteiger partial charge in [-0.15, -0.1) is 0 Å². The highest BCUT2D eigenvalue weighted by atomic mass is 19.1. The van der Waals surface area contributed by atoms with Crippen LogP contribution in [0.5, 0.6) is 0 Å². The smallest absolute Gasteiger partial charge is 0.307 e. The Kier molecular flexibility index (Phi) is 3.00. The summed E-state index contributed by atoms with van der Waals surface area (Å²) in [6, 6.07) is 4.72. The van der Waals surface area contributed by atoms with Gasteiger partial charge in [-0.2, -0.15) is 4.39 Å². The van der Waals surface area contributed by atoms with Crippen LogP contribution in [0, 0.1) is 17.7 Å². The number of carboxylic acid groups (broad SMARTS) is 1. The summed E-state index contributed by atoms with van der Waals surface area (Å²) in [5.41, 5.74) is 1.12. The zero-order chi connectivity index (χ0) is 14.3. The number of rotatable bonds is 4. The Morgan fingerprint density at radius 3 is 2.80 bits per heavy atom. The highest BCUT2D eigenvalue weighted by Crippen LogP contribution is 2.47. The van der Waals surface area contributed by atoms with Crippen molar-refractivity contribution in [2.75, 3.05) is 0 Å². The molecule has 1 saturated carbocycles. The number of aromatic nitrogens is 2. The molecule has 1 aromatic carbocycles. The minimum atomic E-state index is -0.839. The fourth-order valence-corrected chi connectivity index (χ4v) is 2.37. The van der Waals surface area contributed by atoms with Crippen LogP contribution in [0.4, 0.5) is 8.78 Å². The number of carbonyl (C=O) groups is 1. The van der Waals surface area contributed by atoms with Gasteiger partial charge in [0, 0.05) is 5.56 Å². The first-order chi connectivity index (χ1) is 9.54. The molecule has 1 aromatic heterocycles. The van der Waals surface area contributed by atoms with Crippen LogP contribution in [0.1, 0.15) is 23.5 Å². The van der Waals surface area contributed by atoms with Gasteiger partial charge in [-0.1, -0.05) is 12.1 Å². The largest absolute Gasteiger partial charge is 0.481 e. The van der Waals surface area contributed by atoms with E-state index in [0.29, 0.717) is 17.5 Å². The molecule has 0 spiro atoms. The van der Waals surface area contributed by atoms with Gasteiger partial charge in [0.2, 0.25) is 5.95 Å². The van der Waals surface area contributed by atoms with Gasteiger partial charge >= 0.3 is 5.97 Å². The second-order valence-electron chi connectivity index (χ2n) is 5.01. The fraction of sp³-hybridized carbons (Fsp3) is 0.286. The lowest BCUT2D eigenvalue weighted by Crippen LogP contribution is -2.02. The maximum Gasteiger partial charge on any atom is 0.307 e. The molecule has 6 heteroatoms. The number of imidazole rings is 1. The number of benzene rings is 1. The predicted molar refractivity (Wildman–Crippen MR) is 66.2 cm³/mol. The van der Waals surface area contributed by atoms with E-state index in [2.05, 4.69) is 4.98 Å². The molecule has 20 heavy (non-hydrogen) atoms. The fourth-order valence-electron chi connectivity index (χ4n) is 2.37. The van der Waals surface area contributed by atoms with Crippen molar-refractivity contribution in [2.24, 2.45) is 5.92 Å². The maximum atomic E-state index is 14.0. The van der Waals surface area contributed by atoms with Crippen LogP contribution in [0.25, 0.3) is 0 Å². The van der Waals surface area contributed by atoms with E-state index in [0.717, 1.165) is 0 Å². The van der Waals surface area contributed by atoms with Crippen molar-refractivity contribution in [1.82, 2.24) is 9.55 Å². The molecule has 1 heterocycles. The molecule has 4 nitrogen and oxygen atoms in total. The number of hydrogen-bond acceptors (Lipinski definition) is 2. The first-order valence-corrected chi connectivity index (χ1v) is 6.23. The Morgan fingerprint density at radius 2 is 2.25 bits per heavy atom. The van der Waals surface area contributed by atoms with Crippen LogP contribution in [-0.4, -0.2) is 20.6 Å². The average molecular weight is 278 g/mol. The second kappa shape index (κ2) is 4.70. The van der Waals surface area contributed by atoms with Gasteiger partial charge in [0.25, 0.3) is 0 Å². The van der Waals surface area contributed by atoms with Gasteiger partial charge in [0.15, 0.2) is 0 Å². The molecular weight excluding hydrogens is 266 g/mol. The van der Waals surface area contributed by atoms with Crippen LogP contribution < -0.4 is 0 Å². The first-order valence-electron chi connectivity index (χ1n) is 6.23. The van der Waals surface area contributed by atoms with E-state index in [-0.39, 0.29) is 12.5 Å². The zero-order valence-corrected chi connectivity index (χ0v) is 10.5. The Hall–Kier alpha value is -2.24. The van der Waals surface area contributed by atoms with E-state index >= 15 is 0 Å². The normalized spacial score (nSPS) is 20.9. The summed E-state index contributed by atoms with van der Waals surface area (Å²) in [6.07, 6.45) is 3.04. The topological polar surface area (TPSA) is 55.1 Å². The van der Waals surface area contributed by atoms with E-state index in [1.165, 1.54) is 23.2 Å². The summed E-state index contributed by atoms with van der Waals surface area (Å²) in [6.45, 7) is 0.191. The van der Waals surface area contributed by atoms with Crippen molar-refractivity contribution in [3.8, 4) is 0 Å². The van der Waals surface area contributed by atoms with Gasteiger partial charge in [0.05, 0.1) is 25.0 Å². The van der Waals surface area contributed by atoms with E-state index in [9.17, 15) is 13.6 Å². The van der Waals surface area contributed by atoms with Gasteiger partial charge < -0.3 is 9.67 Å². The molecular formula is C14H12F2N2O2. The van der Waals surface area contributed by atoms with Crippen molar-refractivity contribution >= 4 is 5.97 Å². The molecule has 1 aliphatic rings. The van der Waals surface area contributed by atoms with Crippen molar-refractivity contribution < 1.29 is 18.7 Å². The molecule has 104 valence electrons. The quantitative estimate of drug-likeness (QED) is 0.934. The summed E-state index contributed by atoms with van der Waals surface area (Å²) in [7, 11) is 0. The molecule has 2 atom stereocenters. The molecule has 0 radical (unpaired) electrons. The van der Waals surface area contributed by atoms with E-state index in [4.69, 9.17) is 5.11 Å². The van der Waals surface area contributed by atoms with Crippen LogP contribution in [-0.2, 0) is 11.3 Å². The third-order valence-electron chi connectivity index (χ3n) is 3.57. The lowest BCUT2D eigenvalue weighted by Gasteiger charge is -2.06. The number of halogens is 2. The van der Waals surface area contributed by atoms with Crippen LogP contribution >= 0.6 is 0 Å². The third kappa shape index (κ3) is 2.41. The highest BCUT2D eigenvalue weighted by molar-refractivity contribution is 5.75. The predicted octanol–water partition coefficient (Wildman–Crippen LogP) is 2.40. The number of hydrogen-bond donors (Lipinski definition) is 1. The molecule has 0 bridgehead atoms. The average Bonchev–Trinajstić information content (AvgIpc) is 3.10. The lowest BCUT2D eigenvalue weighted by atomic mass is 10.1. The summed E-state index contributed by atoms with van der Waals surface area (Å²) < 4.78 is 28.2. The minimum absolute atomic E-state index is 0.0956. The summed E-state index contributed by atoms with van der Waals surface area (Å²) >= 11 is 0. The Morgan fingerprint density at radius 1 is 1.45 bits per heavy atom. The second-order valence-corrected chi connectivity index (χ2v) is 5.01. The Balaban J connectivity index is 1.76. The minimum Gasteiger partial charge on any atom is -0.481 e. The molecule has 3 rings (SSSR count). The molecule has 1 fully saturated rings. The third-order valence-corrected chi connectivity index (χ3v) is 3.57. The molecule has 1 N–H and O–H groups in total. The van der Waals surface area contributed by atoms with Crippen LogP contribution in [0.3, 0.4) is 0 Å². The van der Waals surface area contributed by atoms with Crippen molar-refractivity contribution in [3.05, 3.63) is 53.6 Å². The standard InChI is InChI=1S/C14H12F2N2O2/c15-12-3-8(10-4-11(10)14(19)20)1-2-9(12)5-18-6-13(16)17-7-18/h1-3,6-7,10-11H,4-5H2,(H,19,20). The maximum absolute atomic E-state index is 14.0. The molecule has 2 aromatic rings. The van der Waals surface area contributed by atoms with Crippen molar-refractivity contribution in [2.45, 2.75) is 18.9 Å². The van der Waals surface area contributed by atoms with Gasteiger partial charge in [-0.25, -0.2) is 9.37 Å². The molecule has 1 aliphatic carbocycles. The zero-order valence-electron chi connectivity index (χ0n) is 10.5. The first kappa shape index (κ1) is 12.8. The Bertz CT molecular complexity index is 669. The Labute approximate surface area is 113 Å². The van der Waals surface area contributed by atoms with E-state index in [1.54, 1.807) is 12.1 Å². The van der Waals surface area contributed by atoms with Gasteiger partial charge in [0.1, 0.15) is 5.82 Å². The van der Waals surface area contributed by atoms with E-state index in [1.807, 2.05) is 0 Å². The van der Waals surface area contributed by atoms with Gasteiger partial charge in [-0.3, -0.25) is 4.79 Å².